The molecule has 0 saturated heterocycles. The van der Waals surface area contributed by atoms with E-state index >= 15 is 0 Å². The Balaban J connectivity index is 2.30. The highest BCUT2D eigenvalue weighted by atomic mass is 35.5. The Bertz CT molecular complexity index is 573. The average Bonchev–Trinajstić information content (AvgIpc) is 2.32. The molecule has 1 unspecified atom stereocenters. The number of pyridine rings is 1. The summed E-state index contributed by atoms with van der Waals surface area (Å²) >= 11 is 11.9. The second-order valence-electron chi connectivity index (χ2n) is 4.37. The summed E-state index contributed by atoms with van der Waals surface area (Å²) in [4.78, 5) is 3.98. The molecule has 19 heavy (non-hydrogen) atoms. The third-order valence-electron chi connectivity index (χ3n) is 2.48. The van der Waals surface area contributed by atoms with Crippen LogP contribution in [0.3, 0.4) is 0 Å². The Kier molecular flexibility index (Phi) is 4.64. The maximum absolute atomic E-state index is 6.00. The van der Waals surface area contributed by atoms with Crippen molar-refractivity contribution in [3.63, 3.8) is 0 Å². The monoisotopic (exact) mass is 296 g/mol. The summed E-state index contributed by atoms with van der Waals surface area (Å²) in [5.74, 6) is 1.24. The first-order valence-corrected chi connectivity index (χ1v) is 6.62. The van der Waals surface area contributed by atoms with Gasteiger partial charge < -0.3 is 10.5 Å². The molecule has 1 aromatic carbocycles. The van der Waals surface area contributed by atoms with E-state index in [1.165, 1.54) is 0 Å². The van der Waals surface area contributed by atoms with Crippen LogP contribution in [-0.4, -0.2) is 11.0 Å². The highest BCUT2D eigenvalue weighted by molar-refractivity contribution is 6.31. The van der Waals surface area contributed by atoms with Crippen molar-refractivity contribution < 1.29 is 4.74 Å². The molecule has 3 nitrogen and oxygen atoms in total. The Hall–Kier alpha value is -1.29. The van der Waals surface area contributed by atoms with E-state index in [-0.39, 0.29) is 6.04 Å². The molecule has 100 valence electrons. The Morgan fingerprint density at radius 2 is 2.00 bits per heavy atom. The van der Waals surface area contributed by atoms with Gasteiger partial charge in [-0.25, -0.2) is 0 Å². The van der Waals surface area contributed by atoms with Crippen molar-refractivity contribution in [2.45, 2.75) is 19.4 Å². The summed E-state index contributed by atoms with van der Waals surface area (Å²) in [6, 6.07) is 7.24. The van der Waals surface area contributed by atoms with Crippen molar-refractivity contribution in [1.82, 2.24) is 4.98 Å². The van der Waals surface area contributed by atoms with Crippen LogP contribution >= 0.6 is 23.2 Å². The summed E-state index contributed by atoms with van der Waals surface area (Å²) in [6.07, 6.45) is 3.86. The molecular formula is C14H14Cl2N2O. The van der Waals surface area contributed by atoms with Crippen LogP contribution in [0.4, 0.5) is 0 Å². The molecule has 2 aromatic rings. The fourth-order valence-electron chi connectivity index (χ4n) is 1.71. The molecule has 1 heterocycles. The number of ether oxygens (including phenoxy) is 1. The van der Waals surface area contributed by atoms with Crippen LogP contribution in [0.1, 0.15) is 12.5 Å². The average molecular weight is 297 g/mol. The van der Waals surface area contributed by atoms with E-state index in [1.807, 2.05) is 19.1 Å². The van der Waals surface area contributed by atoms with Crippen molar-refractivity contribution in [1.29, 1.82) is 0 Å². The van der Waals surface area contributed by atoms with Gasteiger partial charge in [-0.05, 0) is 31.0 Å². The summed E-state index contributed by atoms with van der Waals surface area (Å²) in [7, 11) is 0. The van der Waals surface area contributed by atoms with Gasteiger partial charge in [0.2, 0.25) is 0 Å². The van der Waals surface area contributed by atoms with Gasteiger partial charge in [0.1, 0.15) is 11.5 Å². The lowest BCUT2D eigenvalue weighted by atomic mass is 10.1. The normalized spacial score (nSPS) is 12.2. The summed E-state index contributed by atoms with van der Waals surface area (Å²) in [6.45, 7) is 1.94. The van der Waals surface area contributed by atoms with Gasteiger partial charge >= 0.3 is 0 Å². The van der Waals surface area contributed by atoms with E-state index < -0.39 is 0 Å². The van der Waals surface area contributed by atoms with E-state index in [1.54, 1.807) is 24.5 Å². The zero-order valence-electron chi connectivity index (χ0n) is 10.4. The minimum Gasteiger partial charge on any atom is -0.455 e. The highest BCUT2D eigenvalue weighted by Crippen LogP contribution is 2.29. The maximum Gasteiger partial charge on any atom is 0.147 e. The number of hydrogen-bond donors (Lipinski definition) is 1. The van der Waals surface area contributed by atoms with Crippen LogP contribution in [0, 0.1) is 0 Å². The zero-order chi connectivity index (χ0) is 13.8. The highest BCUT2D eigenvalue weighted by Gasteiger charge is 2.09. The predicted molar refractivity (Wildman–Crippen MR) is 78.1 cm³/mol. The van der Waals surface area contributed by atoms with Crippen LogP contribution in [-0.2, 0) is 6.42 Å². The number of benzene rings is 1. The van der Waals surface area contributed by atoms with Crippen LogP contribution in [0.5, 0.6) is 11.5 Å². The smallest absolute Gasteiger partial charge is 0.147 e. The number of nitrogens with zero attached hydrogens (tertiary/aromatic N) is 1. The van der Waals surface area contributed by atoms with Gasteiger partial charge in [0.25, 0.3) is 0 Å². The molecule has 0 aliphatic carbocycles. The summed E-state index contributed by atoms with van der Waals surface area (Å²) in [5, 5.41) is 1.13. The number of rotatable bonds is 4. The Labute approximate surface area is 122 Å². The van der Waals surface area contributed by atoms with Gasteiger partial charge in [0, 0.05) is 23.3 Å². The van der Waals surface area contributed by atoms with Crippen molar-refractivity contribution in [2.24, 2.45) is 5.73 Å². The molecular weight excluding hydrogens is 283 g/mol. The fraction of sp³-hybridized carbons (Fsp3) is 0.214. The lowest BCUT2D eigenvalue weighted by molar-refractivity contribution is 0.471. The van der Waals surface area contributed by atoms with E-state index in [0.29, 0.717) is 28.0 Å². The van der Waals surface area contributed by atoms with Crippen LogP contribution in [0.2, 0.25) is 10.0 Å². The Morgan fingerprint density at radius 3 is 2.68 bits per heavy atom. The lowest BCUT2D eigenvalue weighted by Crippen LogP contribution is -2.18. The molecule has 0 bridgehead atoms. The summed E-state index contributed by atoms with van der Waals surface area (Å²) in [5.41, 5.74) is 6.83. The topological polar surface area (TPSA) is 48.1 Å². The first-order chi connectivity index (χ1) is 9.04. The molecule has 0 radical (unpaired) electrons. The van der Waals surface area contributed by atoms with Gasteiger partial charge in [-0.15, -0.1) is 0 Å². The molecule has 0 aliphatic heterocycles. The fourth-order valence-corrected chi connectivity index (χ4v) is 2.04. The molecule has 2 N–H and O–H groups in total. The van der Waals surface area contributed by atoms with Crippen molar-refractivity contribution in [3.8, 4) is 11.5 Å². The SMILES string of the molecule is CC(N)Cc1ccc(Cl)cc1Oc1cncc(Cl)c1. The molecule has 0 aliphatic rings. The van der Waals surface area contributed by atoms with Gasteiger partial charge in [-0.1, -0.05) is 29.3 Å². The van der Waals surface area contributed by atoms with E-state index in [0.717, 1.165) is 5.56 Å². The second kappa shape index (κ2) is 6.24. The van der Waals surface area contributed by atoms with Crippen molar-refractivity contribution in [2.75, 3.05) is 0 Å². The van der Waals surface area contributed by atoms with E-state index in [2.05, 4.69) is 4.98 Å². The molecule has 0 amide bonds. The van der Waals surface area contributed by atoms with Gasteiger partial charge in [-0.2, -0.15) is 0 Å². The van der Waals surface area contributed by atoms with Crippen LogP contribution in [0.15, 0.2) is 36.7 Å². The van der Waals surface area contributed by atoms with Crippen LogP contribution < -0.4 is 10.5 Å². The van der Waals surface area contributed by atoms with E-state index in [9.17, 15) is 0 Å². The molecule has 0 fully saturated rings. The van der Waals surface area contributed by atoms with Gasteiger partial charge in [0.05, 0.1) is 11.2 Å². The Morgan fingerprint density at radius 1 is 1.21 bits per heavy atom. The van der Waals surface area contributed by atoms with Gasteiger partial charge in [0.15, 0.2) is 0 Å². The van der Waals surface area contributed by atoms with E-state index in [4.69, 9.17) is 33.7 Å². The number of nitrogens with two attached hydrogens (primary N) is 1. The zero-order valence-corrected chi connectivity index (χ0v) is 11.9. The third kappa shape index (κ3) is 4.10. The lowest BCUT2D eigenvalue weighted by Gasteiger charge is -2.13. The molecule has 1 aromatic heterocycles. The van der Waals surface area contributed by atoms with Crippen LogP contribution in [0.25, 0.3) is 0 Å². The molecule has 5 heteroatoms. The number of hydrogen-bond acceptors (Lipinski definition) is 3. The van der Waals surface area contributed by atoms with Crippen molar-refractivity contribution in [3.05, 3.63) is 52.3 Å². The number of halogens is 2. The first kappa shape index (κ1) is 14.1. The number of aromatic nitrogens is 1. The largest absolute Gasteiger partial charge is 0.455 e. The predicted octanol–water partition coefficient (Wildman–Crippen LogP) is 4.07. The molecule has 1 atom stereocenters. The minimum atomic E-state index is 0.0426. The molecule has 2 rings (SSSR count). The minimum absolute atomic E-state index is 0.0426. The summed E-state index contributed by atoms with van der Waals surface area (Å²) < 4.78 is 5.79. The standard InChI is InChI=1S/C14H14Cl2N2O/c1-9(17)4-10-2-3-11(15)6-14(10)19-13-5-12(16)7-18-8-13/h2-3,5-9H,4,17H2,1H3. The second-order valence-corrected chi connectivity index (χ2v) is 5.25. The van der Waals surface area contributed by atoms with Gasteiger partial charge in [-0.3, -0.25) is 4.98 Å². The quantitative estimate of drug-likeness (QED) is 0.925. The molecule has 0 saturated carbocycles. The maximum atomic E-state index is 6.00. The molecule has 0 spiro atoms. The third-order valence-corrected chi connectivity index (χ3v) is 2.92. The van der Waals surface area contributed by atoms with Crippen molar-refractivity contribution >= 4 is 23.2 Å². The first-order valence-electron chi connectivity index (χ1n) is 5.87.